The molecule has 0 N–H and O–H groups in total. The Morgan fingerprint density at radius 3 is 2.78 bits per heavy atom. The lowest BCUT2D eigenvalue weighted by Gasteiger charge is -1.98. The molecule has 0 radical (unpaired) electrons. The van der Waals surface area contributed by atoms with Crippen molar-refractivity contribution in [3.63, 3.8) is 0 Å². The predicted molar refractivity (Wildman–Crippen MR) is 39.4 cm³/mol. The topological polar surface area (TPSA) is 4.93 Å². The first-order valence-electron chi connectivity index (χ1n) is 3.45. The van der Waals surface area contributed by atoms with Gasteiger partial charge in [-0.25, -0.2) is 0 Å². The molecular weight excluding hydrogens is 110 g/mol. The summed E-state index contributed by atoms with van der Waals surface area (Å²) >= 11 is 0. The number of rotatable bonds is 2. The maximum atomic E-state index is 2.20. The fraction of sp³-hybridized carbons (Fsp3) is 0.500. The minimum absolute atomic E-state index is 1.20. The molecule has 0 aliphatic carbocycles. The summed E-state index contributed by atoms with van der Waals surface area (Å²) in [5.74, 6) is 0. The van der Waals surface area contributed by atoms with Gasteiger partial charge < -0.3 is 4.57 Å². The van der Waals surface area contributed by atoms with Crippen molar-refractivity contribution < 1.29 is 0 Å². The molecule has 0 atom stereocenters. The van der Waals surface area contributed by atoms with E-state index in [9.17, 15) is 0 Å². The van der Waals surface area contributed by atoms with Crippen LogP contribution in [0.5, 0.6) is 0 Å². The van der Waals surface area contributed by atoms with Crippen molar-refractivity contribution in [3.8, 4) is 0 Å². The molecule has 0 bridgehead atoms. The van der Waals surface area contributed by atoms with Crippen LogP contribution in [0.3, 0.4) is 0 Å². The van der Waals surface area contributed by atoms with Gasteiger partial charge in [0.2, 0.25) is 0 Å². The molecule has 0 aromatic carbocycles. The molecule has 0 saturated heterocycles. The van der Waals surface area contributed by atoms with Crippen LogP contribution in [-0.4, -0.2) is 4.57 Å². The van der Waals surface area contributed by atoms with Crippen LogP contribution in [0, 0.1) is 0 Å². The van der Waals surface area contributed by atoms with E-state index >= 15 is 0 Å². The van der Waals surface area contributed by atoms with Gasteiger partial charge in [0.25, 0.3) is 0 Å². The summed E-state index contributed by atoms with van der Waals surface area (Å²) < 4.78 is 2.17. The summed E-state index contributed by atoms with van der Waals surface area (Å²) in [6.07, 6.45) is 4.52. The largest absolute Gasteiger partial charge is 0.354 e. The molecule has 1 aromatic rings. The third-order valence-corrected chi connectivity index (χ3v) is 1.56. The van der Waals surface area contributed by atoms with Crippen molar-refractivity contribution >= 4 is 0 Å². The Kier molecular flexibility index (Phi) is 1.93. The smallest absolute Gasteiger partial charge is 0.0171 e. The molecule has 1 nitrogen and oxygen atoms in total. The minimum atomic E-state index is 1.20. The Hall–Kier alpha value is -0.720. The standard InChI is InChI=1S/C8H13N/c1-3-5-8-6-4-7-9(8)2/h4,6-7H,3,5H2,1-2H3. The van der Waals surface area contributed by atoms with E-state index in [0.29, 0.717) is 0 Å². The normalized spacial score (nSPS) is 10.0. The zero-order valence-electron chi connectivity index (χ0n) is 6.09. The molecule has 50 valence electrons. The van der Waals surface area contributed by atoms with Crippen LogP contribution in [0.1, 0.15) is 19.0 Å². The molecule has 0 saturated carbocycles. The summed E-state index contributed by atoms with van der Waals surface area (Å²) in [5.41, 5.74) is 1.43. The van der Waals surface area contributed by atoms with Crippen molar-refractivity contribution in [2.45, 2.75) is 19.8 Å². The van der Waals surface area contributed by atoms with Gasteiger partial charge in [-0.15, -0.1) is 0 Å². The highest BCUT2D eigenvalue weighted by Crippen LogP contribution is 2.01. The van der Waals surface area contributed by atoms with E-state index in [0.717, 1.165) is 0 Å². The average molecular weight is 123 g/mol. The summed E-state index contributed by atoms with van der Waals surface area (Å²) in [5, 5.41) is 0. The van der Waals surface area contributed by atoms with Crippen molar-refractivity contribution in [2.24, 2.45) is 7.05 Å². The van der Waals surface area contributed by atoms with Gasteiger partial charge in [-0.05, 0) is 18.6 Å². The number of nitrogens with zero attached hydrogens (tertiary/aromatic N) is 1. The second-order valence-electron chi connectivity index (χ2n) is 2.36. The lowest BCUT2D eigenvalue weighted by Crippen LogP contribution is -1.92. The highest BCUT2D eigenvalue weighted by molar-refractivity contribution is 5.05. The molecule has 0 aliphatic rings. The Balaban J connectivity index is 2.69. The molecule has 1 heteroatoms. The first-order chi connectivity index (χ1) is 4.34. The minimum Gasteiger partial charge on any atom is -0.354 e. The van der Waals surface area contributed by atoms with Crippen LogP contribution in [0.15, 0.2) is 18.3 Å². The predicted octanol–water partition coefficient (Wildman–Crippen LogP) is 1.98. The van der Waals surface area contributed by atoms with Gasteiger partial charge in [-0.2, -0.15) is 0 Å². The van der Waals surface area contributed by atoms with Crippen LogP contribution in [-0.2, 0) is 13.5 Å². The van der Waals surface area contributed by atoms with Crippen LogP contribution in [0.4, 0.5) is 0 Å². The quantitative estimate of drug-likeness (QED) is 0.566. The number of hydrogen-bond donors (Lipinski definition) is 0. The molecule has 9 heavy (non-hydrogen) atoms. The number of aromatic nitrogens is 1. The van der Waals surface area contributed by atoms with Crippen LogP contribution in [0.2, 0.25) is 0 Å². The second kappa shape index (κ2) is 2.72. The Morgan fingerprint density at radius 1 is 1.56 bits per heavy atom. The monoisotopic (exact) mass is 123 g/mol. The average Bonchev–Trinajstić information content (AvgIpc) is 2.18. The zero-order chi connectivity index (χ0) is 6.69. The SMILES string of the molecule is CCCc1cccn1C. The van der Waals surface area contributed by atoms with Crippen molar-refractivity contribution in [1.82, 2.24) is 4.57 Å². The van der Waals surface area contributed by atoms with E-state index in [1.165, 1.54) is 18.5 Å². The maximum absolute atomic E-state index is 2.20. The molecule has 1 aromatic heterocycles. The first kappa shape index (κ1) is 6.40. The lowest BCUT2D eigenvalue weighted by molar-refractivity contribution is 0.787. The van der Waals surface area contributed by atoms with Crippen molar-refractivity contribution in [2.75, 3.05) is 0 Å². The number of aryl methyl sites for hydroxylation is 2. The third kappa shape index (κ3) is 1.35. The van der Waals surface area contributed by atoms with Gasteiger partial charge in [0.05, 0.1) is 0 Å². The van der Waals surface area contributed by atoms with Crippen LogP contribution in [0.25, 0.3) is 0 Å². The molecule has 0 spiro atoms. The highest BCUT2D eigenvalue weighted by Gasteiger charge is 1.91. The van der Waals surface area contributed by atoms with Gasteiger partial charge in [0, 0.05) is 18.9 Å². The van der Waals surface area contributed by atoms with Gasteiger partial charge >= 0.3 is 0 Å². The summed E-state index contributed by atoms with van der Waals surface area (Å²) in [7, 11) is 2.09. The van der Waals surface area contributed by atoms with Gasteiger partial charge in [0.1, 0.15) is 0 Å². The van der Waals surface area contributed by atoms with E-state index in [4.69, 9.17) is 0 Å². The maximum Gasteiger partial charge on any atom is 0.0171 e. The molecule has 0 aliphatic heterocycles. The van der Waals surface area contributed by atoms with E-state index in [1.807, 2.05) is 0 Å². The van der Waals surface area contributed by atoms with E-state index < -0.39 is 0 Å². The van der Waals surface area contributed by atoms with Crippen molar-refractivity contribution in [3.05, 3.63) is 24.0 Å². The second-order valence-corrected chi connectivity index (χ2v) is 2.36. The third-order valence-electron chi connectivity index (χ3n) is 1.56. The fourth-order valence-corrected chi connectivity index (χ4v) is 1.01. The highest BCUT2D eigenvalue weighted by atomic mass is 14.9. The van der Waals surface area contributed by atoms with Gasteiger partial charge in [-0.3, -0.25) is 0 Å². The summed E-state index contributed by atoms with van der Waals surface area (Å²) in [6.45, 7) is 2.20. The van der Waals surface area contributed by atoms with Crippen molar-refractivity contribution in [1.29, 1.82) is 0 Å². The summed E-state index contributed by atoms with van der Waals surface area (Å²) in [4.78, 5) is 0. The molecule has 1 rings (SSSR count). The Bertz CT molecular complexity index is 176. The molecule has 0 amide bonds. The van der Waals surface area contributed by atoms with Gasteiger partial charge in [-0.1, -0.05) is 13.3 Å². The van der Waals surface area contributed by atoms with E-state index in [1.54, 1.807) is 0 Å². The van der Waals surface area contributed by atoms with E-state index in [-0.39, 0.29) is 0 Å². The lowest BCUT2D eigenvalue weighted by atomic mass is 10.2. The fourth-order valence-electron chi connectivity index (χ4n) is 1.01. The van der Waals surface area contributed by atoms with Gasteiger partial charge in [0.15, 0.2) is 0 Å². The first-order valence-corrected chi connectivity index (χ1v) is 3.45. The van der Waals surface area contributed by atoms with Crippen LogP contribution < -0.4 is 0 Å². The Labute approximate surface area is 56.3 Å². The molecular formula is C8H13N. The molecule has 0 fully saturated rings. The summed E-state index contributed by atoms with van der Waals surface area (Å²) in [6, 6.07) is 4.26. The van der Waals surface area contributed by atoms with E-state index in [2.05, 4.69) is 36.9 Å². The molecule has 1 heterocycles. The number of hydrogen-bond acceptors (Lipinski definition) is 0. The Morgan fingerprint density at radius 2 is 2.33 bits per heavy atom. The zero-order valence-corrected chi connectivity index (χ0v) is 6.09. The van der Waals surface area contributed by atoms with Crippen LogP contribution >= 0.6 is 0 Å². The molecule has 0 unspecified atom stereocenters.